The fourth-order valence-corrected chi connectivity index (χ4v) is 9.16. The number of carbonyl (C=O) groups is 3. The quantitative estimate of drug-likeness (QED) is 0.0632. The van der Waals surface area contributed by atoms with Gasteiger partial charge in [-0.2, -0.15) is 0 Å². The molecular formula is C54H66N10O6. The second kappa shape index (κ2) is 23.0. The Hall–Kier alpha value is -7.07. The number of benzene rings is 2. The number of hydrogen-bond donors (Lipinski definition) is 3. The van der Waals surface area contributed by atoms with Crippen LogP contribution >= 0.6 is 0 Å². The molecule has 0 bridgehead atoms. The predicted octanol–water partition coefficient (Wildman–Crippen LogP) is 7.98. The number of unbranched alkanes of at least 4 members (excludes halogenated alkanes) is 4. The van der Waals surface area contributed by atoms with Crippen molar-refractivity contribution in [2.24, 2.45) is 0 Å². The van der Waals surface area contributed by atoms with Crippen LogP contribution in [0.4, 0.5) is 11.4 Å². The lowest BCUT2D eigenvalue weighted by molar-refractivity contribution is 0.0730. The van der Waals surface area contributed by atoms with Gasteiger partial charge in [-0.15, -0.1) is 0 Å². The molecule has 2 aliphatic rings. The van der Waals surface area contributed by atoms with Crippen LogP contribution < -0.4 is 30.6 Å². The molecule has 0 atom stereocenters. The number of ether oxygens (including phenoxy) is 2. The number of rotatable bonds is 20. The fraction of sp³-hybridized carbons (Fsp3) is 0.426. The molecule has 368 valence electrons. The monoisotopic (exact) mass is 951 g/mol. The van der Waals surface area contributed by atoms with Gasteiger partial charge >= 0.3 is 0 Å². The third-order valence-corrected chi connectivity index (χ3v) is 12.8. The summed E-state index contributed by atoms with van der Waals surface area (Å²) in [6.45, 7) is 16.1. The molecule has 1 saturated heterocycles. The van der Waals surface area contributed by atoms with Crippen LogP contribution in [0, 0.1) is 0 Å². The van der Waals surface area contributed by atoms with Gasteiger partial charge < -0.3 is 39.5 Å². The number of anilines is 2. The molecule has 2 aliphatic heterocycles. The smallest absolute Gasteiger partial charge is 0.291 e. The van der Waals surface area contributed by atoms with Gasteiger partial charge in [0.15, 0.2) is 5.82 Å². The number of pyridine rings is 3. The summed E-state index contributed by atoms with van der Waals surface area (Å²) in [4.78, 5) is 75.7. The Kier molecular flexibility index (Phi) is 16.2. The highest BCUT2D eigenvalue weighted by molar-refractivity contribution is 6.02. The number of aryl methyl sites for hydroxylation is 1. The molecule has 0 unspecified atom stereocenters. The van der Waals surface area contributed by atoms with Gasteiger partial charge in [0.2, 0.25) is 0 Å². The van der Waals surface area contributed by atoms with Crippen LogP contribution in [0.5, 0.6) is 11.5 Å². The van der Waals surface area contributed by atoms with Gasteiger partial charge in [-0.1, -0.05) is 32.3 Å². The van der Waals surface area contributed by atoms with Crippen molar-refractivity contribution in [3.63, 3.8) is 0 Å². The molecule has 16 nitrogen and oxygen atoms in total. The maximum atomic E-state index is 13.8. The summed E-state index contributed by atoms with van der Waals surface area (Å²) in [7, 11) is 0. The minimum Gasteiger partial charge on any atom is -0.494 e. The van der Waals surface area contributed by atoms with Crippen molar-refractivity contribution < 1.29 is 23.9 Å². The first kappa shape index (κ1) is 49.4. The van der Waals surface area contributed by atoms with Crippen molar-refractivity contribution in [2.45, 2.75) is 105 Å². The Balaban J connectivity index is 0.707. The minimum absolute atomic E-state index is 0.00945. The Morgan fingerprint density at radius 2 is 1.60 bits per heavy atom. The predicted molar refractivity (Wildman–Crippen MR) is 272 cm³/mol. The topological polar surface area (TPSA) is 180 Å². The number of imidazole rings is 1. The molecule has 0 aliphatic carbocycles. The third-order valence-electron chi connectivity index (χ3n) is 12.8. The van der Waals surface area contributed by atoms with E-state index in [-0.39, 0.29) is 35.4 Å². The van der Waals surface area contributed by atoms with E-state index in [2.05, 4.69) is 35.4 Å². The molecule has 8 rings (SSSR count). The molecule has 0 radical (unpaired) electrons. The molecule has 6 heterocycles. The zero-order valence-corrected chi connectivity index (χ0v) is 41.1. The van der Waals surface area contributed by atoms with Crippen LogP contribution in [0.15, 0.2) is 90.0 Å². The van der Waals surface area contributed by atoms with E-state index >= 15 is 0 Å². The molecule has 1 fully saturated rings. The van der Waals surface area contributed by atoms with E-state index in [1.165, 1.54) is 0 Å². The number of nitrogens with one attached hydrogen (secondary N) is 3. The summed E-state index contributed by atoms with van der Waals surface area (Å²) >= 11 is 0. The van der Waals surface area contributed by atoms with Crippen LogP contribution in [0.1, 0.15) is 127 Å². The van der Waals surface area contributed by atoms with E-state index < -0.39 is 0 Å². The van der Waals surface area contributed by atoms with E-state index in [4.69, 9.17) is 14.5 Å². The van der Waals surface area contributed by atoms with Crippen molar-refractivity contribution in [1.29, 1.82) is 0 Å². The van der Waals surface area contributed by atoms with Crippen LogP contribution in [-0.4, -0.2) is 104 Å². The molecule has 70 heavy (non-hydrogen) atoms. The zero-order chi connectivity index (χ0) is 49.1. The number of hydrogen-bond acceptors (Lipinski definition) is 11. The van der Waals surface area contributed by atoms with Gasteiger partial charge in [-0.05, 0) is 119 Å². The normalized spacial score (nSPS) is 14.0. The highest BCUT2D eigenvalue weighted by Gasteiger charge is 2.30. The fourth-order valence-electron chi connectivity index (χ4n) is 9.16. The molecule has 3 amide bonds. The number of carbonyl (C=O) groups excluding carboxylic acids is 3. The standard InChI is InChI=1S/C54H66N10O6/c1-6-39-31-46-47(60-51(39)65)29-38(32-56-46)34-61-24-26-62(27-25-61)42-17-20-45(57-33-42)52(66)55-22-10-8-7-9-11-28-69-44-14-12-13-40(30-44)54(68)63-23-21-49-48(35-63)59-50(64(49)36(2)3)53(67)58-41-15-18-43(19-16-41)70-37(4)5/h12-20,29-33,36-37H,6-11,21-28,34-35H2,1-5H3,(H,55,66)(H,58,67)(H,60,65). The summed E-state index contributed by atoms with van der Waals surface area (Å²) in [5, 5.41) is 5.99. The van der Waals surface area contributed by atoms with Crippen LogP contribution in [0.2, 0.25) is 0 Å². The molecular weight excluding hydrogens is 885 g/mol. The third kappa shape index (κ3) is 12.4. The van der Waals surface area contributed by atoms with E-state index in [0.717, 1.165) is 110 Å². The van der Waals surface area contributed by atoms with Crippen molar-refractivity contribution in [1.82, 2.24) is 39.6 Å². The van der Waals surface area contributed by atoms with Crippen molar-refractivity contribution in [3.05, 3.63) is 135 Å². The van der Waals surface area contributed by atoms with E-state index in [1.54, 1.807) is 23.2 Å². The summed E-state index contributed by atoms with van der Waals surface area (Å²) in [5.41, 5.74) is 7.67. The maximum Gasteiger partial charge on any atom is 0.291 e. The number of aromatic nitrogens is 5. The van der Waals surface area contributed by atoms with Crippen molar-refractivity contribution in [2.75, 3.05) is 56.1 Å². The van der Waals surface area contributed by atoms with Crippen molar-refractivity contribution >= 4 is 40.1 Å². The zero-order valence-electron chi connectivity index (χ0n) is 41.1. The summed E-state index contributed by atoms with van der Waals surface area (Å²) in [6.07, 6.45) is 9.75. The maximum absolute atomic E-state index is 13.8. The van der Waals surface area contributed by atoms with Gasteiger partial charge in [0, 0.05) is 87.0 Å². The Morgan fingerprint density at radius 3 is 2.34 bits per heavy atom. The van der Waals surface area contributed by atoms with Crippen LogP contribution in [0.25, 0.3) is 11.0 Å². The molecule has 16 heteroatoms. The lowest BCUT2D eigenvalue weighted by Crippen LogP contribution is -2.46. The number of nitrogens with zero attached hydrogens (tertiary/aromatic N) is 7. The largest absolute Gasteiger partial charge is 0.494 e. The van der Waals surface area contributed by atoms with Gasteiger partial charge in [-0.25, -0.2) is 9.97 Å². The number of fused-ring (bicyclic) bond motifs is 2. The molecule has 0 spiro atoms. The Morgan fingerprint density at radius 1 is 0.814 bits per heavy atom. The second-order valence-corrected chi connectivity index (χ2v) is 18.7. The van der Waals surface area contributed by atoms with Crippen LogP contribution in [-0.2, 0) is 25.9 Å². The molecule has 6 aromatic rings. The van der Waals surface area contributed by atoms with Gasteiger partial charge in [0.25, 0.3) is 23.3 Å². The summed E-state index contributed by atoms with van der Waals surface area (Å²) in [6, 6.07) is 22.3. The lowest BCUT2D eigenvalue weighted by Gasteiger charge is -2.36. The van der Waals surface area contributed by atoms with Gasteiger partial charge in [0.1, 0.15) is 17.2 Å². The molecule has 3 N–H and O–H groups in total. The first-order chi connectivity index (χ1) is 33.9. The highest BCUT2D eigenvalue weighted by Crippen LogP contribution is 2.27. The number of piperazine rings is 1. The minimum atomic E-state index is -0.300. The van der Waals surface area contributed by atoms with Gasteiger partial charge in [-0.3, -0.25) is 29.1 Å². The second-order valence-electron chi connectivity index (χ2n) is 18.7. The van der Waals surface area contributed by atoms with Crippen LogP contribution in [0.3, 0.4) is 0 Å². The Labute approximate surface area is 409 Å². The lowest BCUT2D eigenvalue weighted by atomic mass is 10.1. The van der Waals surface area contributed by atoms with Crippen molar-refractivity contribution in [3.8, 4) is 11.5 Å². The average Bonchev–Trinajstić information content (AvgIpc) is 3.76. The number of aromatic amines is 1. The SMILES string of the molecule is CCc1cc2ncc(CN3CCN(c4ccc(C(=O)NCCCCCCCOc5cccc(C(=O)N6CCc7c(nc(C(=O)Nc8ccc(OC(C)C)cc8)n7C(C)C)C6)c5)nc4)CC3)cc2[nH]c1=O. The average molecular weight is 951 g/mol. The molecule has 4 aromatic heterocycles. The first-order valence-electron chi connectivity index (χ1n) is 24.8. The molecule has 0 saturated carbocycles. The van der Waals surface area contributed by atoms with E-state index in [0.29, 0.717) is 67.6 Å². The number of H-pyrrole nitrogens is 1. The first-order valence-corrected chi connectivity index (χ1v) is 24.8. The van der Waals surface area contributed by atoms with Gasteiger partial charge in [0.05, 0.1) is 47.9 Å². The summed E-state index contributed by atoms with van der Waals surface area (Å²) in [5.74, 6) is 1.15. The van der Waals surface area contributed by atoms with E-state index in [9.17, 15) is 19.2 Å². The molecule has 2 aromatic carbocycles. The Bertz CT molecular complexity index is 2810. The van der Waals surface area contributed by atoms with E-state index in [1.807, 2.05) is 106 Å². The summed E-state index contributed by atoms with van der Waals surface area (Å²) < 4.78 is 13.8. The number of amides is 3. The highest BCUT2D eigenvalue weighted by atomic mass is 16.5.